The highest BCUT2D eigenvalue weighted by Crippen LogP contribution is 2.42. The number of hydrogen-bond donors (Lipinski definition) is 1. The molecule has 0 amide bonds. The van der Waals surface area contributed by atoms with Crippen LogP contribution in [0.4, 0.5) is 8.78 Å². The van der Waals surface area contributed by atoms with Gasteiger partial charge in [0.25, 0.3) is 0 Å². The highest BCUT2D eigenvalue weighted by molar-refractivity contribution is 5.79. The second kappa shape index (κ2) is 4.60. The van der Waals surface area contributed by atoms with Gasteiger partial charge in [0.15, 0.2) is 0 Å². The number of furan rings is 1. The third kappa shape index (κ3) is 1.86. The van der Waals surface area contributed by atoms with Gasteiger partial charge in [-0.25, -0.2) is 8.78 Å². The van der Waals surface area contributed by atoms with Gasteiger partial charge in [-0.3, -0.25) is 0 Å². The van der Waals surface area contributed by atoms with Crippen LogP contribution in [0.25, 0.3) is 11.0 Å². The van der Waals surface area contributed by atoms with Crippen molar-refractivity contribution in [2.75, 3.05) is 6.54 Å². The Labute approximate surface area is 110 Å². The molecule has 1 aliphatic rings. The van der Waals surface area contributed by atoms with Crippen molar-refractivity contribution in [3.8, 4) is 0 Å². The summed E-state index contributed by atoms with van der Waals surface area (Å²) in [4.78, 5) is 0. The Hall–Kier alpha value is -1.42. The zero-order valence-electron chi connectivity index (χ0n) is 10.7. The van der Waals surface area contributed by atoms with Gasteiger partial charge in [0.05, 0.1) is 11.6 Å². The summed E-state index contributed by atoms with van der Waals surface area (Å²) in [6.45, 7) is 0.282. The van der Waals surface area contributed by atoms with Gasteiger partial charge >= 0.3 is 0 Å². The van der Waals surface area contributed by atoms with E-state index in [9.17, 15) is 8.78 Å². The van der Waals surface area contributed by atoms with E-state index in [0.717, 1.165) is 32.1 Å². The molecule has 0 radical (unpaired) electrons. The topological polar surface area (TPSA) is 39.2 Å². The van der Waals surface area contributed by atoms with Gasteiger partial charge in [-0.05, 0) is 18.9 Å². The van der Waals surface area contributed by atoms with Crippen LogP contribution in [-0.4, -0.2) is 6.54 Å². The van der Waals surface area contributed by atoms with Gasteiger partial charge in [-0.15, -0.1) is 0 Å². The first-order valence-electron chi connectivity index (χ1n) is 6.74. The minimum atomic E-state index is -0.558. The second-order valence-electron chi connectivity index (χ2n) is 5.42. The quantitative estimate of drug-likeness (QED) is 0.895. The molecule has 4 heteroatoms. The van der Waals surface area contributed by atoms with Crippen LogP contribution in [-0.2, 0) is 5.41 Å². The lowest BCUT2D eigenvalue weighted by molar-refractivity contribution is 0.282. The number of halogens is 2. The van der Waals surface area contributed by atoms with Gasteiger partial charge in [-0.1, -0.05) is 19.3 Å². The fraction of sp³-hybridized carbons (Fsp3) is 0.467. The summed E-state index contributed by atoms with van der Waals surface area (Å²) in [6.07, 6.45) is 5.94. The average Bonchev–Trinajstić information content (AvgIpc) is 2.88. The Morgan fingerprint density at radius 2 is 1.95 bits per heavy atom. The van der Waals surface area contributed by atoms with Crippen LogP contribution >= 0.6 is 0 Å². The third-order valence-electron chi connectivity index (χ3n) is 4.38. The lowest BCUT2D eigenvalue weighted by Gasteiger charge is -2.37. The molecule has 19 heavy (non-hydrogen) atoms. The van der Waals surface area contributed by atoms with Gasteiger partial charge in [-0.2, -0.15) is 0 Å². The molecule has 1 aromatic carbocycles. The van der Waals surface area contributed by atoms with Gasteiger partial charge < -0.3 is 10.2 Å². The van der Waals surface area contributed by atoms with E-state index in [2.05, 4.69) is 0 Å². The summed E-state index contributed by atoms with van der Waals surface area (Å²) >= 11 is 0. The fourth-order valence-corrected chi connectivity index (χ4v) is 3.31. The molecule has 1 saturated carbocycles. The highest BCUT2D eigenvalue weighted by atomic mass is 19.1. The average molecular weight is 265 g/mol. The molecular weight excluding hydrogens is 248 g/mol. The van der Waals surface area contributed by atoms with Gasteiger partial charge in [0.1, 0.15) is 17.2 Å². The van der Waals surface area contributed by atoms with Crippen molar-refractivity contribution in [2.24, 2.45) is 5.73 Å². The second-order valence-corrected chi connectivity index (χ2v) is 5.42. The maximum atomic E-state index is 14.6. The van der Waals surface area contributed by atoms with E-state index in [0.29, 0.717) is 5.39 Å². The van der Waals surface area contributed by atoms with Gasteiger partial charge in [0, 0.05) is 23.6 Å². The minimum absolute atomic E-state index is 0.156. The number of benzene rings is 1. The Morgan fingerprint density at radius 1 is 1.21 bits per heavy atom. The molecule has 1 aromatic heterocycles. The summed E-state index contributed by atoms with van der Waals surface area (Å²) in [7, 11) is 0. The first-order chi connectivity index (χ1) is 9.18. The largest absolute Gasteiger partial charge is 0.464 e. The lowest BCUT2D eigenvalue weighted by atomic mass is 9.69. The van der Waals surface area contributed by atoms with E-state index in [-0.39, 0.29) is 17.7 Å². The minimum Gasteiger partial charge on any atom is -0.464 e. The highest BCUT2D eigenvalue weighted by Gasteiger charge is 2.38. The zero-order chi connectivity index (χ0) is 13.5. The Morgan fingerprint density at radius 3 is 2.63 bits per heavy atom. The molecule has 0 aliphatic heterocycles. The van der Waals surface area contributed by atoms with E-state index in [1.807, 2.05) is 0 Å². The van der Waals surface area contributed by atoms with E-state index >= 15 is 0 Å². The van der Waals surface area contributed by atoms with Crippen molar-refractivity contribution in [1.82, 2.24) is 0 Å². The van der Waals surface area contributed by atoms with Crippen LogP contribution in [0.3, 0.4) is 0 Å². The zero-order valence-corrected chi connectivity index (χ0v) is 10.7. The van der Waals surface area contributed by atoms with Crippen LogP contribution in [0.15, 0.2) is 22.8 Å². The third-order valence-corrected chi connectivity index (χ3v) is 4.38. The van der Waals surface area contributed by atoms with Crippen molar-refractivity contribution in [3.05, 3.63) is 35.6 Å². The standard InChI is InChI=1S/C15H17F2NO/c16-11-8-12-10(4-7-19-12)14(17)13(11)15(9-18)5-2-1-3-6-15/h4,7-8H,1-3,5-6,9,18H2. The number of nitrogens with two attached hydrogens (primary N) is 1. The molecule has 2 N–H and O–H groups in total. The monoisotopic (exact) mass is 265 g/mol. The summed E-state index contributed by atoms with van der Waals surface area (Å²) in [5, 5.41) is 0.342. The molecule has 0 saturated heterocycles. The predicted molar refractivity (Wildman–Crippen MR) is 69.9 cm³/mol. The van der Waals surface area contributed by atoms with E-state index in [1.54, 1.807) is 6.07 Å². The Kier molecular flexibility index (Phi) is 3.05. The summed E-state index contributed by atoms with van der Waals surface area (Å²) < 4.78 is 34.0. The van der Waals surface area contributed by atoms with Crippen LogP contribution in [0.5, 0.6) is 0 Å². The molecule has 0 unspecified atom stereocenters. The molecule has 0 atom stereocenters. The van der Waals surface area contributed by atoms with Crippen molar-refractivity contribution >= 4 is 11.0 Å². The van der Waals surface area contributed by atoms with E-state index in [1.165, 1.54) is 12.3 Å². The molecule has 0 bridgehead atoms. The molecule has 2 aromatic rings. The molecule has 3 rings (SSSR count). The van der Waals surface area contributed by atoms with Crippen LogP contribution in [0.2, 0.25) is 0 Å². The SMILES string of the molecule is NCC1(c2c(F)cc3occc3c2F)CCCCC1. The normalized spacial score (nSPS) is 18.9. The summed E-state index contributed by atoms with van der Waals surface area (Å²) in [5.41, 5.74) is 5.72. The molecule has 102 valence electrons. The van der Waals surface area contributed by atoms with Gasteiger partial charge in [0.2, 0.25) is 0 Å². The van der Waals surface area contributed by atoms with Crippen LogP contribution in [0, 0.1) is 11.6 Å². The lowest BCUT2D eigenvalue weighted by Crippen LogP contribution is -2.38. The van der Waals surface area contributed by atoms with Crippen LogP contribution < -0.4 is 5.73 Å². The van der Waals surface area contributed by atoms with E-state index < -0.39 is 17.0 Å². The Balaban J connectivity index is 2.22. The maximum Gasteiger partial charge on any atom is 0.141 e. The van der Waals surface area contributed by atoms with Crippen molar-refractivity contribution in [3.63, 3.8) is 0 Å². The predicted octanol–water partition coefficient (Wildman–Crippen LogP) is 3.87. The summed E-state index contributed by atoms with van der Waals surface area (Å²) in [6, 6.07) is 2.82. The Bertz CT molecular complexity index is 599. The molecule has 1 heterocycles. The number of fused-ring (bicyclic) bond motifs is 1. The molecule has 2 nitrogen and oxygen atoms in total. The number of hydrogen-bond acceptors (Lipinski definition) is 2. The van der Waals surface area contributed by atoms with Crippen molar-refractivity contribution in [2.45, 2.75) is 37.5 Å². The molecule has 0 spiro atoms. The van der Waals surface area contributed by atoms with Crippen molar-refractivity contribution in [1.29, 1.82) is 0 Å². The number of rotatable bonds is 2. The van der Waals surface area contributed by atoms with Crippen LogP contribution in [0.1, 0.15) is 37.7 Å². The smallest absolute Gasteiger partial charge is 0.141 e. The molecule has 1 fully saturated rings. The molecule has 1 aliphatic carbocycles. The first kappa shape index (κ1) is 12.6. The first-order valence-corrected chi connectivity index (χ1v) is 6.74. The van der Waals surface area contributed by atoms with Crippen molar-refractivity contribution < 1.29 is 13.2 Å². The maximum absolute atomic E-state index is 14.6. The molecular formula is C15H17F2NO. The van der Waals surface area contributed by atoms with E-state index in [4.69, 9.17) is 10.2 Å². The summed E-state index contributed by atoms with van der Waals surface area (Å²) in [5.74, 6) is -1.04. The fourth-order valence-electron chi connectivity index (χ4n) is 3.31.